The highest BCUT2D eigenvalue weighted by molar-refractivity contribution is 9.10. The van der Waals surface area contributed by atoms with Gasteiger partial charge in [0.05, 0.1) is 5.56 Å². The smallest absolute Gasteiger partial charge is 0.242 e. The van der Waals surface area contributed by atoms with Gasteiger partial charge in [0.2, 0.25) is 15.9 Å². The Balaban J connectivity index is 2.15. The van der Waals surface area contributed by atoms with E-state index in [-0.39, 0.29) is 22.4 Å². The fourth-order valence-corrected chi connectivity index (χ4v) is 4.50. The highest BCUT2D eigenvalue weighted by atomic mass is 79.9. The zero-order valence-corrected chi connectivity index (χ0v) is 14.4. The molecule has 0 radical (unpaired) electrons. The van der Waals surface area contributed by atoms with E-state index in [2.05, 4.69) is 20.7 Å². The van der Waals surface area contributed by atoms with E-state index in [0.717, 1.165) is 0 Å². The summed E-state index contributed by atoms with van der Waals surface area (Å²) < 4.78 is 28.1. The third kappa shape index (κ3) is 3.66. The number of hydrogen-bond donors (Lipinski definition) is 1. The van der Waals surface area contributed by atoms with E-state index in [1.54, 1.807) is 17.0 Å². The van der Waals surface area contributed by atoms with Crippen LogP contribution < -0.4 is 4.72 Å². The van der Waals surface area contributed by atoms with Crippen LogP contribution in [0.1, 0.15) is 25.3 Å². The fourth-order valence-electron chi connectivity index (χ4n) is 2.43. The number of halogens is 1. The molecule has 0 aromatic heterocycles. The summed E-state index contributed by atoms with van der Waals surface area (Å²) in [6.07, 6.45) is 1.13. The maximum atomic E-state index is 12.5. The summed E-state index contributed by atoms with van der Waals surface area (Å²) >= 11 is 3.19. The van der Waals surface area contributed by atoms with Crippen LogP contribution in [0.2, 0.25) is 0 Å². The lowest BCUT2D eigenvalue weighted by molar-refractivity contribution is -0.129. The Hall–Kier alpha value is -1.43. The maximum absolute atomic E-state index is 12.5. The Bertz CT molecular complexity index is 719. The first kappa shape index (κ1) is 16.9. The average Bonchev–Trinajstić information content (AvgIpc) is 2.47. The summed E-state index contributed by atoms with van der Waals surface area (Å²) in [5.74, 6) is 0.0000591. The predicted octanol–water partition coefficient (Wildman–Crippen LogP) is 1.61. The van der Waals surface area contributed by atoms with Gasteiger partial charge in [0, 0.05) is 30.5 Å². The number of amides is 1. The monoisotopic (exact) mass is 385 g/mol. The summed E-state index contributed by atoms with van der Waals surface area (Å²) in [6.45, 7) is 2.57. The van der Waals surface area contributed by atoms with Crippen molar-refractivity contribution in [2.24, 2.45) is 0 Å². The molecule has 0 bridgehead atoms. The molecule has 0 spiro atoms. The quantitative estimate of drug-likeness (QED) is 0.855. The van der Waals surface area contributed by atoms with Crippen molar-refractivity contribution in [3.8, 4) is 6.07 Å². The molecule has 2 rings (SSSR count). The number of nitrogens with one attached hydrogen (secondary N) is 1. The van der Waals surface area contributed by atoms with E-state index < -0.39 is 10.0 Å². The van der Waals surface area contributed by atoms with Gasteiger partial charge in [0.15, 0.2) is 0 Å². The first-order valence-electron chi connectivity index (χ1n) is 6.81. The number of rotatable bonds is 3. The molecule has 1 N–H and O–H groups in total. The number of hydrogen-bond acceptors (Lipinski definition) is 4. The zero-order valence-electron chi connectivity index (χ0n) is 12.0. The normalized spacial score (nSPS) is 16.3. The highest BCUT2D eigenvalue weighted by Gasteiger charge is 2.27. The van der Waals surface area contributed by atoms with Gasteiger partial charge in [-0.3, -0.25) is 4.79 Å². The van der Waals surface area contributed by atoms with Crippen LogP contribution in [0.4, 0.5) is 0 Å². The summed E-state index contributed by atoms with van der Waals surface area (Å²) in [5, 5.41) is 9.15. The van der Waals surface area contributed by atoms with E-state index in [4.69, 9.17) is 5.26 Å². The van der Waals surface area contributed by atoms with Gasteiger partial charge in [0.25, 0.3) is 0 Å². The van der Waals surface area contributed by atoms with Crippen molar-refractivity contribution in [2.75, 3.05) is 13.1 Å². The predicted molar refractivity (Wildman–Crippen MR) is 84.5 cm³/mol. The van der Waals surface area contributed by atoms with Gasteiger partial charge in [-0.2, -0.15) is 5.26 Å². The van der Waals surface area contributed by atoms with E-state index in [0.29, 0.717) is 30.4 Å². The van der Waals surface area contributed by atoms with Crippen LogP contribution in [0.3, 0.4) is 0 Å². The van der Waals surface area contributed by atoms with E-state index in [9.17, 15) is 13.2 Å². The molecule has 1 saturated heterocycles. The van der Waals surface area contributed by atoms with Crippen molar-refractivity contribution in [1.82, 2.24) is 9.62 Å². The maximum Gasteiger partial charge on any atom is 0.242 e. The standard InChI is InChI=1S/C14H16BrN3O3S/c1-10(19)18-7-5-11(6-8-18)17-22(20,21)14-4-2-3-13(15)12(14)9-16/h2-4,11,17H,5-8H2,1H3. The lowest BCUT2D eigenvalue weighted by Gasteiger charge is -2.31. The van der Waals surface area contributed by atoms with Crippen LogP contribution >= 0.6 is 15.9 Å². The van der Waals surface area contributed by atoms with E-state index >= 15 is 0 Å². The summed E-state index contributed by atoms with van der Waals surface area (Å²) in [4.78, 5) is 12.9. The molecule has 1 aliphatic heterocycles. The Morgan fingerprint density at radius 2 is 2.05 bits per heavy atom. The molecule has 1 aromatic carbocycles. The van der Waals surface area contributed by atoms with Gasteiger partial charge in [-0.05, 0) is 40.9 Å². The number of piperidine rings is 1. The Morgan fingerprint density at radius 3 is 2.59 bits per heavy atom. The zero-order chi connectivity index (χ0) is 16.3. The third-order valence-corrected chi connectivity index (χ3v) is 5.86. The third-order valence-electron chi connectivity index (χ3n) is 3.64. The van der Waals surface area contributed by atoms with Crippen molar-refractivity contribution in [2.45, 2.75) is 30.7 Å². The first-order chi connectivity index (χ1) is 10.3. The van der Waals surface area contributed by atoms with E-state index in [1.807, 2.05) is 6.07 Å². The summed E-state index contributed by atoms with van der Waals surface area (Å²) in [5.41, 5.74) is 0.0937. The summed E-state index contributed by atoms with van der Waals surface area (Å²) in [7, 11) is -3.77. The topological polar surface area (TPSA) is 90.3 Å². The minimum Gasteiger partial charge on any atom is -0.343 e. The number of sulfonamides is 1. The van der Waals surface area contributed by atoms with Crippen molar-refractivity contribution in [3.05, 3.63) is 28.2 Å². The second kappa shape index (κ2) is 6.77. The number of nitriles is 1. The Morgan fingerprint density at radius 1 is 1.41 bits per heavy atom. The second-order valence-electron chi connectivity index (χ2n) is 5.13. The Kier molecular flexibility index (Phi) is 5.21. The number of carbonyl (C=O) groups is 1. The van der Waals surface area contributed by atoms with Crippen molar-refractivity contribution in [3.63, 3.8) is 0 Å². The molecule has 118 valence electrons. The van der Waals surface area contributed by atoms with Crippen LogP contribution in [-0.4, -0.2) is 38.4 Å². The van der Waals surface area contributed by atoms with Crippen LogP contribution in [-0.2, 0) is 14.8 Å². The molecule has 22 heavy (non-hydrogen) atoms. The van der Waals surface area contributed by atoms with Crippen LogP contribution in [0.5, 0.6) is 0 Å². The van der Waals surface area contributed by atoms with Crippen LogP contribution in [0.25, 0.3) is 0 Å². The van der Waals surface area contributed by atoms with Gasteiger partial charge in [-0.15, -0.1) is 0 Å². The lowest BCUT2D eigenvalue weighted by Crippen LogP contribution is -2.46. The Labute approximate surface area is 138 Å². The molecule has 0 atom stereocenters. The first-order valence-corrected chi connectivity index (χ1v) is 9.09. The molecule has 0 saturated carbocycles. The molecule has 1 aromatic rings. The molecular weight excluding hydrogens is 370 g/mol. The lowest BCUT2D eigenvalue weighted by atomic mass is 10.1. The SMILES string of the molecule is CC(=O)N1CCC(NS(=O)(=O)c2cccc(Br)c2C#N)CC1. The number of benzene rings is 1. The van der Waals surface area contributed by atoms with Gasteiger partial charge in [-0.25, -0.2) is 13.1 Å². The molecule has 0 aliphatic carbocycles. The van der Waals surface area contributed by atoms with Gasteiger partial charge < -0.3 is 4.90 Å². The van der Waals surface area contributed by atoms with Gasteiger partial charge in [-0.1, -0.05) is 6.07 Å². The van der Waals surface area contributed by atoms with Crippen molar-refractivity contribution < 1.29 is 13.2 Å². The molecule has 6 nitrogen and oxygen atoms in total. The fraction of sp³-hybridized carbons (Fsp3) is 0.429. The number of carbonyl (C=O) groups excluding carboxylic acids is 1. The molecular formula is C14H16BrN3O3S. The molecule has 1 heterocycles. The van der Waals surface area contributed by atoms with Crippen LogP contribution in [0.15, 0.2) is 27.6 Å². The second-order valence-corrected chi connectivity index (χ2v) is 7.66. The average molecular weight is 386 g/mol. The molecule has 1 fully saturated rings. The molecule has 1 amide bonds. The number of nitrogens with zero attached hydrogens (tertiary/aromatic N) is 2. The minimum absolute atomic E-state index is 0.0000591. The van der Waals surface area contributed by atoms with Crippen molar-refractivity contribution >= 4 is 31.9 Å². The summed E-state index contributed by atoms with van der Waals surface area (Å²) in [6, 6.07) is 6.30. The highest BCUT2D eigenvalue weighted by Crippen LogP contribution is 2.24. The molecule has 1 aliphatic rings. The van der Waals surface area contributed by atoms with Crippen LogP contribution in [0, 0.1) is 11.3 Å². The molecule has 8 heteroatoms. The number of likely N-dealkylation sites (tertiary alicyclic amines) is 1. The molecule has 0 unspecified atom stereocenters. The van der Waals surface area contributed by atoms with E-state index in [1.165, 1.54) is 13.0 Å². The van der Waals surface area contributed by atoms with Gasteiger partial charge >= 0.3 is 0 Å². The minimum atomic E-state index is -3.77. The van der Waals surface area contributed by atoms with Gasteiger partial charge in [0.1, 0.15) is 11.0 Å². The largest absolute Gasteiger partial charge is 0.343 e. The van der Waals surface area contributed by atoms with Crippen molar-refractivity contribution in [1.29, 1.82) is 5.26 Å².